The summed E-state index contributed by atoms with van der Waals surface area (Å²) in [5, 5.41) is 9.94. The fraction of sp³-hybridized carbons (Fsp3) is 0.118. The number of benzene rings is 2. The molecule has 0 aliphatic carbocycles. The fourth-order valence-corrected chi connectivity index (χ4v) is 2.47. The third-order valence-corrected chi connectivity index (χ3v) is 3.54. The van der Waals surface area contributed by atoms with Crippen LogP contribution in [0.25, 0.3) is 10.9 Å². The number of aromatic nitrogens is 1. The van der Waals surface area contributed by atoms with Crippen LogP contribution in [0.15, 0.2) is 48.5 Å². The van der Waals surface area contributed by atoms with Crippen LogP contribution in [0.3, 0.4) is 0 Å². The molecule has 2 aromatic carbocycles. The third kappa shape index (κ3) is 2.52. The molecule has 0 atom stereocenters. The van der Waals surface area contributed by atoms with Crippen LogP contribution in [0.4, 0.5) is 4.39 Å². The van der Waals surface area contributed by atoms with E-state index in [0.717, 1.165) is 16.6 Å². The molecule has 0 bridgehead atoms. The Labute approximate surface area is 121 Å². The van der Waals surface area contributed by atoms with Gasteiger partial charge >= 0.3 is 5.97 Å². The molecule has 0 saturated carbocycles. The van der Waals surface area contributed by atoms with E-state index in [0.29, 0.717) is 11.9 Å². The SMILES string of the molecule is Cc1ccc(Cn2c(C(=O)O)cc3cc(F)ccc32)cc1. The van der Waals surface area contributed by atoms with E-state index in [1.165, 1.54) is 18.2 Å². The monoisotopic (exact) mass is 283 g/mol. The average Bonchev–Trinajstić information content (AvgIpc) is 2.79. The van der Waals surface area contributed by atoms with Gasteiger partial charge in [0.1, 0.15) is 11.5 Å². The van der Waals surface area contributed by atoms with Crippen LogP contribution < -0.4 is 0 Å². The predicted octanol–water partition coefficient (Wildman–Crippen LogP) is 3.84. The Balaban J connectivity index is 2.13. The summed E-state index contributed by atoms with van der Waals surface area (Å²) in [6.07, 6.45) is 0. The Kier molecular flexibility index (Phi) is 3.22. The van der Waals surface area contributed by atoms with Crippen molar-refractivity contribution < 1.29 is 14.3 Å². The van der Waals surface area contributed by atoms with Crippen molar-refractivity contribution in [1.82, 2.24) is 4.57 Å². The normalized spacial score (nSPS) is 11.0. The minimum absolute atomic E-state index is 0.163. The molecule has 1 aromatic heterocycles. The van der Waals surface area contributed by atoms with Gasteiger partial charge < -0.3 is 9.67 Å². The molecule has 0 saturated heterocycles. The first-order valence-electron chi connectivity index (χ1n) is 6.62. The number of fused-ring (bicyclic) bond motifs is 1. The number of carbonyl (C=O) groups is 1. The second-order valence-electron chi connectivity index (χ2n) is 5.11. The van der Waals surface area contributed by atoms with E-state index < -0.39 is 5.97 Å². The van der Waals surface area contributed by atoms with Gasteiger partial charge in [-0.15, -0.1) is 0 Å². The number of hydrogen-bond donors (Lipinski definition) is 1. The summed E-state index contributed by atoms with van der Waals surface area (Å²) in [7, 11) is 0. The van der Waals surface area contributed by atoms with Crippen molar-refractivity contribution in [3.05, 3.63) is 71.2 Å². The number of aryl methyl sites for hydroxylation is 1. The molecule has 0 aliphatic rings. The van der Waals surface area contributed by atoms with Crippen LogP contribution in [0.2, 0.25) is 0 Å². The number of halogens is 1. The number of carboxylic acid groups (broad SMARTS) is 1. The molecule has 3 nitrogen and oxygen atoms in total. The van der Waals surface area contributed by atoms with Crippen LogP contribution >= 0.6 is 0 Å². The van der Waals surface area contributed by atoms with Gasteiger partial charge in [-0.2, -0.15) is 0 Å². The van der Waals surface area contributed by atoms with Crippen LogP contribution in [-0.2, 0) is 6.54 Å². The topological polar surface area (TPSA) is 42.2 Å². The maximum atomic E-state index is 13.3. The van der Waals surface area contributed by atoms with Crippen molar-refractivity contribution in [2.75, 3.05) is 0 Å². The van der Waals surface area contributed by atoms with Gasteiger partial charge in [-0.25, -0.2) is 9.18 Å². The van der Waals surface area contributed by atoms with Gasteiger partial charge in [0.15, 0.2) is 0 Å². The Morgan fingerprint density at radius 3 is 2.52 bits per heavy atom. The summed E-state index contributed by atoms with van der Waals surface area (Å²) in [5.74, 6) is -1.38. The lowest BCUT2D eigenvalue weighted by atomic mass is 10.1. The number of rotatable bonds is 3. The molecule has 1 heterocycles. The largest absolute Gasteiger partial charge is 0.477 e. The van der Waals surface area contributed by atoms with Crippen molar-refractivity contribution >= 4 is 16.9 Å². The first-order chi connectivity index (χ1) is 10.0. The number of hydrogen-bond acceptors (Lipinski definition) is 1. The smallest absolute Gasteiger partial charge is 0.352 e. The Morgan fingerprint density at radius 1 is 1.14 bits per heavy atom. The molecule has 4 heteroatoms. The minimum atomic E-state index is -1.02. The van der Waals surface area contributed by atoms with Crippen molar-refractivity contribution in [3.8, 4) is 0 Å². The van der Waals surface area contributed by atoms with Gasteiger partial charge in [-0.1, -0.05) is 29.8 Å². The molecule has 0 unspecified atom stereocenters. The molecule has 21 heavy (non-hydrogen) atoms. The zero-order valence-corrected chi connectivity index (χ0v) is 11.5. The standard InChI is InChI=1S/C17H14FNO2/c1-11-2-4-12(5-3-11)10-19-15-7-6-14(18)8-13(15)9-16(19)17(20)21/h2-9H,10H2,1H3,(H,20,21). The summed E-state index contributed by atoms with van der Waals surface area (Å²) in [6, 6.07) is 13.7. The molecule has 0 amide bonds. The van der Waals surface area contributed by atoms with Crippen LogP contribution in [0, 0.1) is 12.7 Å². The summed E-state index contributed by atoms with van der Waals surface area (Å²) in [5.41, 5.74) is 3.03. The minimum Gasteiger partial charge on any atom is -0.477 e. The van der Waals surface area contributed by atoms with Crippen LogP contribution in [-0.4, -0.2) is 15.6 Å². The van der Waals surface area contributed by atoms with Crippen LogP contribution in [0.1, 0.15) is 21.6 Å². The number of carboxylic acids is 1. The second-order valence-corrected chi connectivity index (χ2v) is 5.11. The highest BCUT2D eigenvalue weighted by Gasteiger charge is 2.15. The maximum Gasteiger partial charge on any atom is 0.352 e. The Morgan fingerprint density at radius 2 is 1.86 bits per heavy atom. The zero-order valence-electron chi connectivity index (χ0n) is 11.5. The molecule has 0 spiro atoms. The Hall–Kier alpha value is -2.62. The molecule has 106 valence electrons. The molecule has 3 aromatic rings. The highest BCUT2D eigenvalue weighted by molar-refractivity contribution is 5.94. The highest BCUT2D eigenvalue weighted by atomic mass is 19.1. The summed E-state index contributed by atoms with van der Waals surface area (Å²) >= 11 is 0. The molecule has 3 rings (SSSR count). The fourth-order valence-electron chi connectivity index (χ4n) is 2.47. The first-order valence-corrected chi connectivity index (χ1v) is 6.62. The number of nitrogens with zero attached hydrogens (tertiary/aromatic N) is 1. The van der Waals surface area contributed by atoms with E-state index in [4.69, 9.17) is 0 Å². The Bertz CT molecular complexity index is 819. The first kappa shape index (κ1) is 13.4. The lowest BCUT2D eigenvalue weighted by Gasteiger charge is -2.09. The second kappa shape index (κ2) is 5.05. The van der Waals surface area contributed by atoms with E-state index in [-0.39, 0.29) is 11.5 Å². The van der Waals surface area contributed by atoms with Gasteiger partial charge in [0.05, 0.1) is 0 Å². The lowest BCUT2D eigenvalue weighted by molar-refractivity contribution is 0.0686. The van der Waals surface area contributed by atoms with E-state index >= 15 is 0 Å². The summed E-state index contributed by atoms with van der Waals surface area (Å²) < 4.78 is 15.0. The quantitative estimate of drug-likeness (QED) is 0.793. The maximum absolute atomic E-state index is 13.3. The van der Waals surface area contributed by atoms with E-state index in [1.54, 1.807) is 10.6 Å². The molecule has 0 aliphatic heterocycles. The highest BCUT2D eigenvalue weighted by Crippen LogP contribution is 2.22. The van der Waals surface area contributed by atoms with Gasteiger partial charge in [0, 0.05) is 17.4 Å². The van der Waals surface area contributed by atoms with Crippen molar-refractivity contribution in [2.24, 2.45) is 0 Å². The molecule has 0 fully saturated rings. The van der Waals surface area contributed by atoms with Crippen LogP contribution in [0.5, 0.6) is 0 Å². The molecular weight excluding hydrogens is 269 g/mol. The molecule has 0 radical (unpaired) electrons. The van der Waals surface area contributed by atoms with E-state index in [9.17, 15) is 14.3 Å². The van der Waals surface area contributed by atoms with Gasteiger partial charge in [-0.3, -0.25) is 0 Å². The van der Waals surface area contributed by atoms with Gasteiger partial charge in [0.25, 0.3) is 0 Å². The van der Waals surface area contributed by atoms with Gasteiger partial charge in [-0.05, 0) is 36.8 Å². The zero-order chi connectivity index (χ0) is 15.0. The summed E-state index contributed by atoms with van der Waals surface area (Å²) in [4.78, 5) is 11.4. The van der Waals surface area contributed by atoms with Crippen molar-refractivity contribution in [1.29, 1.82) is 0 Å². The molecular formula is C17H14FNO2. The predicted molar refractivity (Wildman–Crippen MR) is 79.1 cm³/mol. The van der Waals surface area contributed by atoms with E-state index in [1.807, 2.05) is 31.2 Å². The van der Waals surface area contributed by atoms with E-state index in [2.05, 4.69) is 0 Å². The lowest BCUT2D eigenvalue weighted by Crippen LogP contribution is -2.09. The summed E-state index contributed by atoms with van der Waals surface area (Å²) in [6.45, 7) is 2.44. The average molecular weight is 283 g/mol. The van der Waals surface area contributed by atoms with Crippen molar-refractivity contribution in [2.45, 2.75) is 13.5 Å². The van der Waals surface area contributed by atoms with Crippen molar-refractivity contribution in [3.63, 3.8) is 0 Å². The third-order valence-electron chi connectivity index (χ3n) is 3.54. The number of aromatic carboxylic acids is 1. The van der Waals surface area contributed by atoms with Gasteiger partial charge in [0.2, 0.25) is 0 Å². The molecule has 1 N–H and O–H groups in total.